The van der Waals surface area contributed by atoms with Crippen molar-refractivity contribution in [3.05, 3.63) is 11.6 Å². The van der Waals surface area contributed by atoms with Crippen LogP contribution in [0.1, 0.15) is 46.5 Å². The minimum Gasteiger partial charge on any atom is -0.389 e. The van der Waals surface area contributed by atoms with Gasteiger partial charge in [-0.25, -0.2) is 0 Å². The summed E-state index contributed by atoms with van der Waals surface area (Å²) in [6, 6.07) is 0. The minimum atomic E-state index is -0.612. The first-order valence-electron chi connectivity index (χ1n) is 6.39. The first-order chi connectivity index (χ1) is 7.45. The molecule has 0 amide bonds. The van der Waals surface area contributed by atoms with Crippen LogP contribution in [0.4, 0.5) is 0 Å². The summed E-state index contributed by atoms with van der Waals surface area (Å²) in [7, 11) is 0. The normalized spacial score (nSPS) is 41.2. The van der Waals surface area contributed by atoms with Gasteiger partial charge in [0.05, 0.1) is 6.10 Å². The topological polar surface area (TPSA) is 37.3 Å². The van der Waals surface area contributed by atoms with Gasteiger partial charge in [0.25, 0.3) is 0 Å². The lowest BCUT2D eigenvalue weighted by Gasteiger charge is -2.47. The summed E-state index contributed by atoms with van der Waals surface area (Å²) in [6.45, 7) is 6.23. The average molecular weight is 222 g/mol. The lowest BCUT2D eigenvalue weighted by molar-refractivity contribution is -0.120. The van der Waals surface area contributed by atoms with Crippen molar-refractivity contribution in [3.8, 4) is 0 Å². The number of carbonyl (C=O) groups excluding carboxylic acids is 1. The van der Waals surface area contributed by atoms with E-state index in [0.717, 1.165) is 6.42 Å². The molecule has 4 atom stereocenters. The van der Waals surface area contributed by atoms with Crippen LogP contribution in [0.25, 0.3) is 0 Å². The third-order valence-electron chi connectivity index (χ3n) is 4.80. The fourth-order valence-corrected chi connectivity index (χ4v) is 3.39. The van der Waals surface area contributed by atoms with E-state index in [-0.39, 0.29) is 11.2 Å². The van der Waals surface area contributed by atoms with E-state index in [9.17, 15) is 9.90 Å². The van der Waals surface area contributed by atoms with E-state index in [1.54, 1.807) is 6.92 Å². The summed E-state index contributed by atoms with van der Waals surface area (Å²) in [4.78, 5) is 11.9. The number of aliphatic hydroxyl groups excluding tert-OH is 1. The highest BCUT2D eigenvalue weighted by molar-refractivity contribution is 5.97. The van der Waals surface area contributed by atoms with E-state index in [4.69, 9.17) is 0 Å². The Bertz CT molecular complexity index is 330. The predicted octanol–water partition coefficient (Wildman–Crippen LogP) is 2.71. The molecule has 0 aromatic heterocycles. The molecule has 0 aromatic carbocycles. The molecule has 0 aromatic rings. The summed E-state index contributed by atoms with van der Waals surface area (Å²) in [6.07, 6.45) is 5.75. The zero-order valence-corrected chi connectivity index (χ0v) is 10.5. The summed E-state index contributed by atoms with van der Waals surface area (Å²) in [5.41, 5.74) is 0.769. The van der Waals surface area contributed by atoms with Gasteiger partial charge in [-0.3, -0.25) is 4.79 Å². The Morgan fingerprint density at radius 1 is 1.50 bits per heavy atom. The third kappa shape index (κ3) is 1.73. The van der Waals surface area contributed by atoms with Crippen LogP contribution in [0.15, 0.2) is 11.6 Å². The Morgan fingerprint density at radius 2 is 2.19 bits per heavy atom. The van der Waals surface area contributed by atoms with Crippen LogP contribution in [0.2, 0.25) is 0 Å². The zero-order valence-electron chi connectivity index (χ0n) is 10.5. The van der Waals surface area contributed by atoms with Crippen molar-refractivity contribution < 1.29 is 9.90 Å². The molecule has 1 unspecified atom stereocenters. The second kappa shape index (κ2) is 3.99. The molecular formula is C14H22O2. The highest BCUT2D eigenvalue weighted by atomic mass is 16.3. The first-order valence-corrected chi connectivity index (χ1v) is 6.39. The van der Waals surface area contributed by atoms with Crippen LogP contribution < -0.4 is 0 Å². The molecule has 0 saturated heterocycles. The zero-order chi connectivity index (χ0) is 11.9. The number of rotatable bonds is 1. The Morgan fingerprint density at radius 3 is 2.81 bits per heavy atom. The van der Waals surface area contributed by atoms with Gasteiger partial charge in [0.2, 0.25) is 0 Å². The Hall–Kier alpha value is -0.630. The second-order valence-corrected chi connectivity index (χ2v) is 5.80. The first kappa shape index (κ1) is 11.8. The molecule has 0 radical (unpaired) electrons. The van der Waals surface area contributed by atoms with Gasteiger partial charge in [0, 0.05) is 12.0 Å². The molecule has 2 heteroatoms. The molecule has 2 aliphatic rings. The average Bonchev–Trinajstić information content (AvgIpc) is 2.20. The third-order valence-corrected chi connectivity index (χ3v) is 4.80. The van der Waals surface area contributed by atoms with Crippen molar-refractivity contribution in [1.82, 2.24) is 0 Å². The van der Waals surface area contributed by atoms with Gasteiger partial charge < -0.3 is 5.11 Å². The molecule has 0 aliphatic heterocycles. The fraction of sp³-hybridized carbons (Fsp3) is 0.786. The van der Waals surface area contributed by atoms with E-state index in [1.807, 2.05) is 0 Å². The predicted molar refractivity (Wildman–Crippen MR) is 64.0 cm³/mol. The Balaban J connectivity index is 2.38. The maximum Gasteiger partial charge on any atom is 0.161 e. The molecule has 1 fully saturated rings. The number of carbonyl (C=O) groups is 1. The molecule has 2 nitrogen and oxygen atoms in total. The van der Waals surface area contributed by atoms with Gasteiger partial charge in [-0.15, -0.1) is 0 Å². The van der Waals surface area contributed by atoms with Gasteiger partial charge in [-0.05, 0) is 37.0 Å². The van der Waals surface area contributed by atoms with Crippen molar-refractivity contribution in [1.29, 1.82) is 0 Å². The van der Waals surface area contributed by atoms with Gasteiger partial charge in [0.15, 0.2) is 5.78 Å². The lowest BCUT2D eigenvalue weighted by Crippen LogP contribution is -2.42. The van der Waals surface area contributed by atoms with E-state index in [0.29, 0.717) is 23.8 Å². The molecule has 2 aliphatic carbocycles. The van der Waals surface area contributed by atoms with Gasteiger partial charge >= 0.3 is 0 Å². The van der Waals surface area contributed by atoms with Crippen LogP contribution in [-0.2, 0) is 4.79 Å². The van der Waals surface area contributed by atoms with Gasteiger partial charge in [-0.1, -0.05) is 26.3 Å². The molecule has 1 N–H and O–H groups in total. The number of ketones is 1. The van der Waals surface area contributed by atoms with Crippen LogP contribution in [0.5, 0.6) is 0 Å². The summed E-state index contributed by atoms with van der Waals surface area (Å²) < 4.78 is 0. The summed E-state index contributed by atoms with van der Waals surface area (Å²) in [5, 5.41) is 9.65. The second-order valence-electron chi connectivity index (χ2n) is 5.80. The van der Waals surface area contributed by atoms with Gasteiger partial charge in [-0.2, -0.15) is 0 Å². The largest absolute Gasteiger partial charge is 0.389 e. The molecule has 16 heavy (non-hydrogen) atoms. The number of allylic oxidation sites excluding steroid dienone is 1. The molecular weight excluding hydrogens is 200 g/mol. The summed E-state index contributed by atoms with van der Waals surface area (Å²) >= 11 is 0. The molecule has 1 saturated carbocycles. The number of hydrogen-bond donors (Lipinski definition) is 1. The molecule has 0 heterocycles. The number of hydrogen-bond acceptors (Lipinski definition) is 2. The Labute approximate surface area is 97.7 Å². The number of fused-ring (bicyclic) bond motifs is 1. The quantitative estimate of drug-likeness (QED) is 0.740. The SMILES string of the molecule is CC(O)C1=C[C@@]2(C)[C@H](CCC[C@@H]2C)CC1=O. The molecule has 0 bridgehead atoms. The van der Waals surface area contributed by atoms with Crippen molar-refractivity contribution >= 4 is 5.78 Å². The highest BCUT2D eigenvalue weighted by Gasteiger charge is 2.44. The smallest absolute Gasteiger partial charge is 0.161 e. The number of Topliss-reactive ketones (excluding diaryl/α,β-unsaturated/α-hetero) is 1. The maximum absolute atomic E-state index is 11.9. The standard InChI is InChI=1S/C14H22O2/c1-9-5-4-6-11-7-13(16)12(10(2)15)8-14(9,11)3/h8-11,15H,4-7H2,1-3H3/t9-,10?,11+,14+/m0/s1. The van der Waals surface area contributed by atoms with Crippen LogP contribution in [-0.4, -0.2) is 17.0 Å². The highest BCUT2D eigenvalue weighted by Crippen LogP contribution is 2.51. The molecule has 2 rings (SSSR count). The Kier molecular flexibility index (Phi) is 2.95. The van der Waals surface area contributed by atoms with Gasteiger partial charge in [0.1, 0.15) is 0 Å². The van der Waals surface area contributed by atoms with Crippen molar-refractivity contribution in [2.45, 2.75) is 52.6 Å². The van der Waals surface area contributed by atoms with E-state index in [1.165, 1.54) is 12.8 Å². The lowest BCUT2D eigenvalue weighted by atomic mass is 9.57. The fourth-order valence-electron chi connectivity index (χ4n) is 3.39. The van der Waals surface area contributed by atoms with Crippen LogP contribution in [0, 0.1) is 17.3 Å². The minimum absolute atomic E-state index is 0.123. The molecule has 90 valence electrons. The van der Waals surface area contributed by atoms with E-state index >= 15 is 0 Å². The number of aliphatic hydroxyl groups is 1. The van der Waals surface area contributed by atoms with E-state index in [2.05, 4.69) is 19.9 Å². The van der Waals surface area contributed by atoms with Crippen molar-refractivity contribution in [3.63, 3.8) is 0 Å². The van der Waals surface area contributed by atoms with E-state index < -0.39 is 6.10 Å². The monoisotopic (exact) mass is 222 g/mol. The van der Waals surface area contributed by atoms with Crippen molar-refractivity contribution in [2.75, 3.05) is 0 Å². The molecule has 0 spiro atoms. The summed E-state index contributed by atoms with van der Waals surface area (Å²) in [5.74, 6) is 1.27. The van der Waals surface area contributed by atoms with Crippen LogP contribution in [0.3, 0.4) is 0 Å². The van der Waals surface area contributed by atoms with Crippen molar-refractivity contribution in [2.24, 2.45) is 17.3 Å². The van der Waals surface area contributed by atoms with Crippen LogP contribution >= 0.6 is 0 Å². The maximum atomic E-state index is 11.9.